The third-order valence-corrected chi connectivity index (χ3v) is 6.42. The van der Waals surface area contributed by atoms with E-state index in [4.69, 9.17) is 0 Å². The minimum absolute atomic E-state index is 0.168. The molecule has 11 heteroatoms. The number of hydrogen-bond acceptors (Lipinski definition) is 5. The number of hydrogen-bond donors (Lipinski definition) is 3. The molecule has 3 aromatic carbocycles. The monoisotopic (exact) mass is 565 g/mol. The summed E-state index contributed by atoms with van der Waals surface area (Å²) in [4.78, 5) is 15.1. The molecule has 216 valence electrons. The van der Waals surface area contributed by atoms with Crippen molar-refractivity contribution in [3.05, 3.63) is 72.3 Å². The summed E-state index contributed by atoms with van der Waals surface area (Å²) in [6.07, 6.45) is -5.16. The highest BCUT2D eigenvalue weighted by Crippen LogP contribution is 2.37. The van der Waals surface area contributed by atoms with Crippen LogP contribution in [0.15, 0.2) is 66.7 Å². The Labute approximate surface area is 237 Å². The first-order chi connectivity index (χ1) is 19.5. The molecule has 0 spiro atoms. The smallest absolute Gasteiger partial charge is 0.369 e. The third kappa shape index (κ3) is 8.29. The Kier molecular flexibility index (Phi) is 9.26. The highest BCUT2D eigenvalue weighted by Gasteiger charge is 2.31. The summed E-state index contributed by atoms with van der Waals surface area (Å²) in [7, 11) is 0. The lowest BCUT2D eigenvalue weighted by Crippen LogP contribution is -2.34. The third-order valence-electron chi connectivity index (χ3n) is 6.42. The maximum absolute atomic E-state index is 13.2. The molecule has 1 unspecified atom stereocenters. The predicted octanol–water partition coefficient (Wildman–Crippen LogP) is 7.54. The van der Waals surface area contributed by atoms with Gasteiger partial charge in [-0.3, -0.25) is 0 Å². The largest absolute Gasteiger partial charge is 0.389 e. The van der Waals surface area contributed by atoms with Crippen molar-refractivity contribution < 1.29 is 18.0 Å². The number of benzene rings is 3. The highest BCUT2D eigenvalue weighted by atomic mass is 19.4. The normalized spacial score (nSPS) is 12.3. The molecular weight excluding hydrogens is 531 g/mol. The molecule has 0 radical (unpaired) electrons. The molecular formula is C30H34F3N7O. The summed E-state index contributed by atoms with van der Waals surface area (Å²) in [5, 5.41) is 20.1. The van der Waals surface area contributed by atoms with Gasteiger partial charge in [-0.05, 0) is 59.4 Å². The number of nitrogens with one attached hydrogen (secondary N) is 3. The molecule has 8 nitrogen and oxygen atoms in total. The number of anilines is 3. The minimum Gasteiger partial charge on any atom is -0.369 e. The molecule has 0 fully saturated rings. The molecule has 0 aliphatic heterocycles. The van der Waals surface area contributed by atoms with E-state index in [9.17, 15) is 18.0 Å². The van der Waals surface area contributed by atoms with Crippen LogP contribution in [0.25, 0.3) is 22.5 Å². The first kappa shape index (κ1) is 29.6. The second-order valence-electron chi connectivity index (χ2n) is 10.7. The van der Waals surface area contributed by atoms with Gasteiger partial charge in [-0.1, -0.05) is 68.8 Å². The number of aryl methyl sites for hydroxylation is 1. The van der Waals surface area contributed by atoms with Crippen LogP contribution >= 0.6 is 0 Å². The molecule has 0 saturated heterocycles. The lowest BCUT2D eigenvalue weighted by atomic mass is 9.97. The summed E-state index contributed by atoms with van der Waals surface area (Å²) < 4.78 is 39.6. The Bertz CT molecular complexity index is 1440. The lowest BCUT2D eigenvalue weighted by Gasteiger charge is -2.32. The average molecular weight is 566 g/mol. The van der Waals surface area contributed by atoms with Crippen LogP contribution in [0.2, 0.25) is 0 Å². The molecule has 4 rings (SSSR count). The zero-order valence-electron chi connectivity index (χ0n) is 23.5. The van der Waals surface area contributed by atoms with E-state index in [1.165, 1.54) is 0 Å². The molecule has 1 aromatic heterocycles. The van der Waals surface area contributed by atoms with Crippen LogP contribution in [0.3, 0.4) is 0 Å². The van der Waals surface area contributed by atoms with Crippen LogP contribution in [-0.2, 0) is 0 Å². The summed E-state index contributed by atoms with van der Waals surface area (Å²) in [5.74, 6) is -0.0682. The molecule has 0 bridgehead atoms. The lowest BCUT2D eigenvalue weighted by molar-refractivity contribution is -0.142. The predicted molar refractivity (Wildman–Crippen MR) is 156 cm³/mol. The van der Waals surface area contributed by atoms with E-state index in [1.807, 2.05) is 80.3 Å². The fraction of sp³-hybridized carbons (Fsp3) is 0.333. The van der Waals surface area contributed by atoms with Crippen LogP contribution in [0.1, 0.15) is 32.8 Å². The van der Waals surface area contributed by atoms with E-state index in [-0.39, 0.29) is 12.5 Å². The zero-order valence-corrected chi connectivity index (χ0v) is 23.5. The maximum atomic E-state index is 13.2. The van der Waals surface area contributed by atoms with Gasteiger partial charge in [0, 0.05) is 30.8 Å². The standard InChI is InChI=1S/C30H34F3N7O/c1-19(2)17-40(18-21(4)16-30(31,32)33)27-14-11-22(24-7-5-6-8-25(24)28-36-38-39-37-28)15-26(27)35-29(41)34-23-12-9-20(3)10-13-23/h5-15,19,21H,16-18H2,1-4H3,(H2,34,35,41)(H,36,37,38,39). The SMILES string of the molecule is Cc1ccc(NC(=O)Nc2cc(-c3ccccc3-c3nn[nH]n3)ccc2N(CC(C)C)CC(C)CC(F)(F)F)cc1. The summed E-state index contributed by atoms with van der Waals surface area (Å²) in [6.45, 7) is 8.24. The summed E-state index contributed by atoms with van der Waals surface area (Å²) in [6, 6.07) is 20.0. The van der Waals surface area contributed by atoms with Crippen molar-refractivity contribution in [1.82, 2.24) is 20.6 Å². The Hall–Kier alpha value is -4.41. The molecule has 41 heavy (non-hydrogen) atoms. The van der Waals surface area contributed by atoms with Crippen molar-refractivity contribution in [1.29, 1.82) is 0 Å². The van der Waals surface area contributed by atoms with Crippen LogP contribution in [0.5, 0.6) is 0 Å². The number of carbonyl (C=O) groups is 1. The Morgan fingerprint density at radius 2 is 1.66 bits per heavy atom. The Balaban J connectivity index is 1.74. The average Bonchev–Trinajstić information content (AvgIpc) is 3.43. The number of carbonyl (C=O) groups excluding carboxylic acids is 1. The molecule has 3 N–H and O–H groups in total. The van der Waals surface area contributed by atoms with E-state index in [1.54, 1.807) is 19.1 Å². The number of rotatable bonds is 10. The van der Waals surface area contributed by atoms with E-state index in [0.29, 0.717) is 29.4 Å². The molecule has 4 aromatic rings. The minimum atomic E-state index is -4.26. The molecule has 1 atom stereocenters. The zero-order chi connectivity index (χ0) is 29.6. The molecule has 0 aliphatic rings. The number of urea groups is 1. The van der Waals surface area contributed by atoms with Crippen molar-refractivity contribution in [2.45, 2.75) is 40.3 Å². The number of nitrogens with zero attached hydrogens (tertiary/aromatic N) is 4. The van der Waals surface area contributed by atoms with Gasteiger partial charge in [0.05, 0.1) is 11.4 Å². The first-order valence-corrected chi connectivity index (χ1v) is 13.4. The van der Waals surface area contributed by atoms with E-state index in [0.717, 1.165) is 22.3 Å². The fourth-order valence-electron chi connectivity index (χ4n) is 4.75. The van der Waals surface area contributed by atoms with E-state index in [2.05, 4.69) is 31.3 Å². The van der Waals surface area contributed by atoms with Crippen molar-refractivity contribution >= 4 is 23.1 Å². The number of H-pyrrole nitrogens is 1. The van der Waals surface area contributed by atoms with Crippen LogP contribution < -0.4 is 15.5 Å². The van der Waals surface area contributed by atoms with Crippen molar-refractivity contribution in [3.8, 4) is 22.5 Å². The van der Waals surface area contributed by atoms with Gasteiger partial charge in [-0.25, -0.2) is 4.79 Å². The van der Waals surface area contributed by atoms with Crippen molar-refractivity contribution in [2.75, 3.05) is 28.6 Å². The summed E-state index contributed by atoms with van der Waals surface area (Å²) in [5.41, 5.74) is 5.09. The van der Waals surface area contributed by atoms with Gasteiger partial charge in [0.1, 0.15) is 0 Å². The van der Waals surface area contributed by atoms with Crippen molar-refractivity contribution in [2.24, 2.45) is 11.8 Å². The molecule has 1 heterocycles. The van der Waals surface area contributed by atoms with E-state index >= 15 is 0 Å². The molecule has 0 aliphatic carbocycles. The Morgan fingerprint density at radius 1 is 0.951 bits per heavy atom. The Morgan fingerprint density at radius 3 is 2.29 bits per heavy atom. The highest BCUT2D eigenvalue weighted by molar-refractivity contribution is 6.02. The number of aromatic nitrogens is 4. The quantitative estimate of drug-likeness (QED) is 0.185. The number of alkyl halides is 3. The van der Waals surface area contributed by atoms with Crippen LogP contribution in [0, 0.1) is 18.8 Å². The van der Waals surface area contributed by atoms with Crippen LogP contribution in [0.4, 0.5) is 35.0 Å². The first-order valence-electron chi connectivity index (χ1n) is 13.4. The fourth-order valence-corrected chi connectivity index (χ4v) is 4.75. The van der Waals surface area contributed by atoms with Gasteiger partial charge in [0.25, 0.3) is 0 Å². The topological polar surface area (TPSA) is 98.8 Å². The van der Waals surface area contributed by atoms with Gasteiger partial charge >= 0.3 is 12.2 Å². The number of aromatic amines is 1. The van der Waals surface area contributed by atoms with Gasteiger partial charge < -0.3 is 15.5 Å². The van der Waals surface area contributed by atoms with E-state index < -0.39 is 24.5 Å². The van der Waals surface area contributed by atoms with Crippen molar-refractivity contribution in [3.63, 3.8) is 0 Å². The molecule has 2 amide bonds. The second kappa shape index (κ2) is 12.8. The molecule has 0 saturated carbocycles. The maximum Gasteiger partial charge on any atom is 0.389 e. The van der Waals surface area contributed by atoms with Gasteiger partial charge in [-0.15, -0.1) is 10.2 Å². The van der Waals surface area contributed by atoms with Gasteiger partial charge in [-0.2, -0.15) is 18.4 Å². The summed E-state index contributed by atoms with van der Waals surface area (Å²) >= 11 is 0. The number of halogens is 3. The van der Waals surface area contributed by atoms with Gasteiger partial charge in [0.15, 0.2) is 0 Å². The van der Waals surface area contributed by atoms with Crippen LogP contribution in [-0.4, -0.2) is 45.9 Å². The second-order valence-corrected chi connectivity index (χ2v) is 10.7. The number of amides is 2. The van der Waals surface area contributed by atoms with Gasteiger partial charge in [0.2, 0.25) is 5.82 Å². The number of tetrazole rings is 1.